The zero-order valence-corrected chi connectivity index (χ0v) is 14.3. The largest absolute Gasteiger partial charge is 0.334 e. The van der Waals surface area contributed by atoms with Gasteiger partial charge in [-0.05, 0) is 55.4 Å². The second-order valence-corrected chi connectivity index (χ2v) is 8.19. The third-order valence-corrected chi connectivity index (χ3v) is 6.81. The van der Waals surface area contributed by atoms with Crippen molar-refractivity contribution >= 4 is 29.2 Å². The molecule has 1 heterocycles. The zero-order valence-electron chi connectivity index (χ0n) is 13.4. The summed E-state index contributed by atoms with van der Waals surface area (Å²) in [5.41, 5.74) is 1.98. The van der Waals surface area contributed by atoms with Crippen LogP contribution in [-0.4, -0.2) is 12.1 Å². The van der Waals surface area contributed by atoms with Gasteiger partial charge < -0.3 is 5.32 Å². The van der Waals surface area contributed by atoms with Crippen LogP contribution in [0.4, 0.5) is 16.2 Å². The molecule has 1 N–H and O–H groups in total. The van der Waals surface area contributed by atoms with Gasteiger partial charge in [0.2, 0.25) is 0 Å². The first-order valence-electron chi connectivity index (χ1n) is 8.76. The molecule has 2 aromatic carbocycles. The number of fused-ring (bicyclic) bond motifs is 4. The SMILES string of the molecule is O=C(NC1CC2CCC1C2)N1c2ccccc2Sc2ccccc21. The minimum atomic E-state index is 0.0211. The van der Waals surface area contributed by atoms with Crippen LogP contribution in [0.2, 0.25) is 0 Å². The van der Waals surface area contributed by atoms with E-state index in [2.05, 4.69) is 17.4 Å². The van der Waals surface area contributed by atoms with Gasteiger partial charge in [0, 0.05) is 15.8 Å². The summed E-state index contributed by atoms with van der Waals surface area (Å²) in [6.07, 6.45) is 5.08. The van der Waals surface area contributed by atoms with Gasteiger partial charge in [0.25, 0.3) is 0 Å². The van der Waals surface area contributed by atoms with E-state index in [0.717, 1.165) is 33.5 Å². The standard InChI is InChI=1S/C20H20N2OS/c23-20(21-15-12-13-9-10-14(15)11-13)22-16-5-1-3-7-18(16)24-19-8-4-2-6-17(19)22/h1-8,13-15H,9-12H2,(H,21,23). The van der Waals surface area contributed by atoms with Gasteiger partial charge in [-0.3, -0.25) is 4.90 Å². The van der Waals surface area contributed by atoms with Crippen LogP contribution >= 0.6 is 11.8 Å². The Morgan fingerprint density at radius 3 is 2.21 bits per heavy atom. The molecule has 2 aliphatic carbocycles. The molecule has 2 bridgehead atoms. The monoisotopic (exact) mass is 336 g/mol. The average molecular weight is 336 g/mol. The zero-order chi connectivity index (χ0) is 16.1. The van der Waals surface area contributed by atoms with Gasteiger partial charge in [-0.25, -0.2) is 4.79 Å². The highest BCUT2D eigenvalue weighted by Gasteiger charge is 2.41. The number of hydrogen-bond donors (Lipinski definition) is 1. The fourth-order valence-electron chi connectivity index (χ4n) is 4.57. The van der Waals surface area contributed by atoms with Gasteiger partial charge in [-0.1, -0.05) is 42.4 Å². The predicted octanol–water partition coefficient (Wildman–Crippen LogP) is 5.19. The van der Waals surface area contributed by atoms with Gasteiger partial charge in [-0.2, -0.15) is 0 Å². The van der Waals surface area contributed by atoms with Crippen molar-refractivity contribution in [1.82, 2.24) is 5.32 Å². The van der Waals surface area contributed by atoms with Gasteiger partial charge in [0.1, 0.15) is 0 Å². The van der Waals surface area contributed by atoms with Crippen molar-refractivity contribution in [2.24, 2.45) is 11.8 Å². The molecule has 4 heteroatoms. The van der Waals surface area contributed by atoms with Crippen LogP contribution in [0.25, 0.3) is 0 Å². The van der Waals surface area contributed by atoms with Gasteiger partial charge in [0.05, 0.1) is 11.4 Å². The number of carbonyl (C=O) groups excluding carboxylic acids is 1. The minimum absolute atomic E-state index is 0.0211. The maximum Gasteiger partial charge on any atom is 0.326 e. The average Bonchev–Trinajstić information content (AvgIpc) is 3.22. The van der Waals surface area contributed by atoms with Crippen molar-refractivity contribution in [3.63, 3.8) is 0 Å². The summed E-state index contributed by atoms with van der Waals surface area (Å²) in [6.45, 7) is 0. The molecule has 2 amide bonds. The molecule has 2 fully saturated rings. The number of nitrogens with zero attached hydrogens (tertiary/aromatic N) is 1. The molecule has 2 saturated carbocycles. The lowest BCUT2D eigenvalue weighted by Crippen LogP contribution is -2.45. The maximum absolute atomic E-state index is 13.2. The van der Waals surface area contributed by atoms with Gasteiger partial charge in [-0.15, -0.1) is 0 Å². The highest BCUT2D eigenvalue weighted by molar-refractivity contribution is 7.99. The summed E-state index contributed by atoms with van der Waals surface area (Å²) >= 11 is 1.74. The minimum Gasteiger partial charge on any atom is -0.334 e. The highest BCUT2D eigenvalue weighted by atomic mass is 32.2. The molecule has 3 nitrogen and oxygen atoms in total. The number of benzene rings is 2. The second-order valence-electron chi connectivity index (χ2n) is 7.10. The van der Waals surface area contributed by atoms with Crippen LogP contribution in [0, 0.1) is 11.8 Å². The summed E-state index contributed by atoms with van der Waals surface area (Å²) in [4.78, 5) is 17.3. The molecule has 0 spiro atoms. The number of para-hydroxylation sites is 2. The van der Waals surface area contributed by atoms with E-state index in [1.807, 2.05) is 41.3 Å². The normalized spacial score (nSPS) is 26.8. The molecule has 24 heavy (non-hydrogen) atoms. The van der Waals surface area contributed by atoms with E-state index >= 15 is 0 Å². The van der Waals surface area contributed by atoms with E-state index in [1.165, 1.54) is 19.3 Å². The topological polar surface area (TPSA) is 32.3 Å². The number of rotatable bonds is 1. The summed E-state index contributed by atoms with van der Waals surface area (Å²) in [7, 11) is 0. The second kappa shape index (κ2) is 5.55. The van der Waals surface area contributed by atoms with E-state index in [0.29, 0.717) is 12.0 Å². The lowest BCUT2D eigenvalue weighted by atomic mass is 9.95. The molecular formula is C20H20N2OS. The molecular weight excluding hydrogens is 316 g/mol. The summed E-state index contributed by atoms with van der Waals surface area (Å²) in [6, 6.07) is 16.7. The number of carbonyl (C=O) groups is 1. The van der Waals surface area contributed by atoms with Crippen LogP contribution in [0.5, 0.6) is 0 Å². The Labute approximate surface area is 146 Å². The highest BCUT2D eigenvalue weighted by Crippen LogP contribution is 2.48. The third-order valence-electron chi connectivity index (χ3n) is 5.68. The summed E-state index contributed by atoms with van der Waals surface area (Å²) in [5, 5.41) is 3.34. The summed E-state index contributed by atoms with van der Waals surface area (Å²) in [5.74, 6) is 1.51. The van der Waals surface area contributed by atoms with E-state index in [-0.39, 0.29) is 6.03 Å². The van der Waals surface area contributed by atoms with Crippen LogP contribution < -0.4 is 10.2 Å². The lowest BCUT2D eigenvalue weighted by molar-refractivity contribution is 0.238. The molecule has 3 aliphatic rings. The maximum atomic E-state index is 13.2. The fourth-order valence-corrected chi connectivity index (χ4v) is 5.63. The number of urea groups is 1. The van der Waals surface area contributed by atoms with Crippen LogP contribution in [0.15, 0.2) is 58.3 Å². The van der Waals surface area contributed by atoms with Gasteiger partial charge in [0.15, 0.2) is 0 Å². The molecule has 0 saturated heterocycles. The Bertz CT molecular complexity index is 760. The molecule has 1 aliphatic heterocycles. The quantitative estimate of drug-likeness (QED) is 0.777. The molecule has 0 radical (unpaired) electrons. The molecule has 5 rings (SSSR count). The Kier molecular flexibility index (Phi) is 3.33. The van der Waals surface area contributed by atoms with E-state index in [1.54, 1.807) is 11.8 Å². The number of amides is 2. The number of hydrogen-bond acceptors (Lipinski definition) is 2. The van der Waals surface area contributed by atoms with E-state index < -0.39 is 0 Å². The Balaban J connectivity index is 1.49. The first kappa shape index (κ1) is 14.4. The van der Waals surface area contributed by atoms with E-state index in [4.69, 9.17) is 0 Å². The lowest BCUT2D eigenvalue weighted by Gasteiger charge is -2.33. The fraction of sp³-hybridized carbons (Fsp3) is 0.350. The van der Waals surface area contributed by atoms with Gasteiger partial charge >= 0.3 is 6.03 Å². The smallest absolute Gasteiger partial charge is 0.326 e. The van der Waals surface area contributed by atoms with Crippen molar-refractivity contribution in [2.45, 2.75) is 41.5 Å². The van der Waals surface area contributed by atoms with Crippen molar-refractivity contribution in [3.05, 3.63) is 48.5 Å². The van der Waals surface area contributed by atoms with Crippen LogP contribution in [0.3, 0.4) is 0 Å². The molecule has 122 valence electrons. The first-order valence-corrected chi connectivity index (χ1v) is 9.58. The Morgan fingerprint density at radius 1 is 0.958 bits per heavy atom. The molecule has 0 aromatic heterocycles. The van der Waals surface area contributed by atoms with Crippen molar-refractivity contribution < 1.29 is 4.79 Å². The Hall–Kier alpha value is -1.94. The molecule has 2 aromatic rings. The van der Waals surface area contributed by atoms with Crippen LogP contribution in [0.1, 0.15) is 25.7 Å². The first-order chi connectivity index (χ1) is 11.8. The number of anilines is 2. The van der Waals surface area contributed by atoms with Crippen LogP contribution in [-0.2, 0) is 0 Å². The molecule has 3 atom stereocenters. The van der Waals surface area contributed by atoms with Crippen molar-refractivity contribution in [3.8, 4) is 0 Å². The Morgan fingerprint density at radius 2 is 1.62 bits per heavy atom. The van der Waals surface area contributed by atoms with E-state index in [9.17, 15) is 4.79 Å². The van der Waals surface area contributed by atoms with Crippen molar-refractivity contribution in [2.75, 3.05) is 4.90 Å². The summed E-state index contributed by atoms with van der Waals surface area (Å²) < 4.78 is 0. The predicted molar refractivity (Wildman–Crippen MR) is 96.9 cm³/mol. The van der Waals surface area contributed by atoms with Crippen molar-refractivity contribution in [1.29, 1.82) is 0 Å². The number of nitrogens with one attached hydrogen (secondary N) is 1. The third kappa shape index (κ3) is 2.24. The molecule has 3 unspecified atom stereocenters.